The van der Waals surface area contributed by atoms with Gasteiger partial charge in [-0.1, -0.05) is 47.1 Å². The molecule has 0 fully saturated rings. The number of carbonyl (C=O) groups excluding carboxylic acids is 1. The molecule has 4 rings (SSSR count). The van der Waals surface area contributed by atoms with E-state index in [1.807, 2.05) is 29.2 Å². The fraction of sp³-hybridized carbons (Fsp3) is 0.409. The van der Waals surface area contributed by atoms with E-state index in [0.717, 1.165) is 35.0 Å². The molecule has 1 amide bonds. The molecule has 0 aromatic heterocycles. The third-order valence-corrected chi connectivity index (χ3v) is 6.38. The highest BCUT2D eigenvalue weighted by Crippen LogP contribution is 2.33. The molecule has 0 bridgehead atoms. The Bertz CT molecular complexity index is 854. The van der Waals surface area contributed by atoms with Crippen LogP contribution in [-0.4, -0.2) is 41.1 Å². The monoisotopic (exact) mass is 428 g/mol. The minimum absolute atomic E-state index is 0.0254. The Labute approximate surface area is 168 Å². The molecule has 2 N–H and O–H groups in total. The van der Waals surface area contributed by atoms with Gasteiger partial charge in [0.15, 0.2) is 0 Å². The molecule has 0 radical (unpaired) electrons. The average molecular weight is 429 g/mol. The Morgan fingerprint density at radius 3 is 2.81 bits per heavy atom. The number of aliphatic hydroxyl groups is 1. The summed E-state index contributed by atoms with van der Waals surface area (Å²) in [7, 11) is 0. The van der Waals surface area contributed by atoms with E-state index >= 15 is 0 Å². The molecule has 142 valence electrons. The van der Waals surface area contributed by atoms with Gasteiger partial charge in [0.25, 0.3) is 5.91 Å². The second kappa shape index (κ2) is 7.74. The Morgan fingerprint density at radius 2 is 2.04 bits per heavy atom. The van der Waals surface area contributed by atoms with E-state index in [0.29, 0.717) is 19.0 Å². The maximum atomic E-state index is 13.0. The van der Waals surface area contributed by atoms with Crippen LogP contribution < -0.4 is 5.32 Å². The third kappa shape index (κ3) is 3.68. The number of amides is 1. The lowest BCUT2D eigenvalue weighted by molar-refractivity contribution is 0.0484. The summed E-state index contributed by atoms with van der Waals surface area (Å²) < 4.78 is 1.01. The summed E-state index contributed by atoms with van der Waals surface area (Å²) in [6, 6.07) is 14.2. The van der Waals surface area contributed by atoms with Crippen molar-refractivity contribution in [1.82, 2.24) is 10.2 Å². The number of hydrogen-bond acceptors (Lipinski definition) is 3. The topological polar surface area (TPSA) is 52.6 Å². The SMILES string of the molecule is CC[C@@H]1CN(C[C@H](O)[C@@H]2Cc3ccccc3CN2)C(=O)c2ccc(Br)cc21. The Morgan fingerprint density at radius 1 is 1.26 bits per heavy atom. The summed E-state index contributed by atoms with van der Waals surface area (Å²) in [5, 5.41) is 14.3. The zero-order valence-electron chi connectivity index (χ0n) is 15.5. The van der Waals surface area contributed by atoms with Gasteiger partial charge in [-0.25, -0.2) is 0 Å². The van der Waals surface area contributed by atoms with E-state index < -0.39 is 6.10 Å². The van der Waals surface area contributed by atoms with Gasteiger partial charge in [-0.15, -0.1) is 0 Å². The fourth-order valence-corrected chi connectivity index (χ4v) is 4.67. The maximum absolute atomic E-state index is 13.0. The molecule has 0 unspecified atom stereocenters. The molecule has 5 heteroatoms. The molecule has 2 heterocycles. The van der Waals surface area contributed by atoms with Gasteiger partial charge in [0.2, 0.25) is 0 Å². The fourth-order valence-electron chi connectivity index (χ4n) is 4.29. The van der Waals surface area contributed by atoms with Crippen molar-refractivity contribution in [3.63, 3.8) is 0 Å². The molecule has 2 aliphatic rings. The standard InChI is InChI=1S/C22H25BrN2O2/c1-2-14-12-25(22(27)18-8-7-17(23)10-19(14)18)13-21(26)20-9-15-5-3-4-6-16(15)11-24-20/h3-8,10,14,20-21,24,26H,2,9,11-13H2,1H3/t14-,20+,21+/m1/s1. The molecule has 2 aliphatic heterocycles. The zero-order chi connectivity index (χ0) is 19.0. The van der Waals surface area contributed by atoms with Gasteiger partial charge in [0.05, 0.1) is 6.10 Å². The van der Waals surface area contributed by atoms with Crippen LogP contribution in [0.25, 0.3) is 0 Å². The van der Waals surface area contributed by atoms with Crippen LogP contribution in [-0.2, 0) is 13.0 Å². The first-order chi connectivity index (χ1) is 13.1. The highest BCUT2D eigenvalue weighted by atomic mass is 79.9. The second-order valence-electron chi connectivity index (χ2n) is 7.57. The summed E-state index contributed by atoms with van der Waals surface area (Å²) in [4.78, 5) is 14.8. The van der Waals surface area contributed by atoms with Crippen LogP contribution in [0.2, 0.25) is 0 Å². The van der Waals surface area contributed by atoms with Gasteiger partial charge in [0, 0.05) is 41.6 Å². The van der Waals surface area contributed by atoms with Crippen molar-refractivity contribution in [3.8, 4) is 0 Å². The van der Waals surface area contributed by atoms with Crippen LogP contribution in [0.15, 0.2) is 46.9 Å². The maximum Gasteiger partial charge on any atom is 0.254 e. The number of nitrogens with zero attached hydrogens (tertiary/aromatic N) is 1. The van der Waals surface area contributed by atoms with Crippen LogP contribution in [0.4, 0.5) is 0 Å². The second-order valence-corrected chi connectivity index (χ2v) is 8.49. The van der Waals surface area contributed by atoms with Crippen molar-refractivity contribution in [2.45, 2.75) is 44.4 Å². The molecule has 3 atom stereocenters. The summed E-state index contributed by atoms with van der Waals surface area (Å²) in [5.41, 5.74) is 4.46. The Kier molecular flexibility index (Phi) is 5.35. The number of β-amino-alcohol motifs (C(OH)–C–C–N with tert-alkyl or cyclic N) is 1. The molecule has 2 aromatic rings. The predicted octanol–water partition coefficient (Wildman–Crippen LogP) is 3.47. The molecular formula is C22H25BrN2O2. The number of halogens is 1. The van der Waals surface area contributed by atoms with Gasteiger partial charge in [0.1, 0.15) is 0 Å². The molecule has 0 spiro atoms. The quantitative estimate of drug-likeness (QED) is 0.783. The number of aliphatic hydroxyl groups excluding tert-OH is 1. The van der Waals surface area contributed by atoms with Crippen molar-refractivity contribution in [2.75, 3.05) is 13.1 Å². The summed E-state index contributed by atoms with van der Waals surface area (Å²) in [5.74, 6) is 0.333. The minimum atomic E-state index is -0.586. The van der Waals surface area contributed by atoms with Gasteiger partial charge < -0.3 is 15.3 Å². The minimum Gasteiger partial charge on any atom is -0.390 e. The number of nitrogens with one attached hydrogen (secondary N) is 1. The van der Waals surface area contributed by atoms with Crippen molar-refractivity contribution in [1.29, 1.82) is 0 Å². The van der Waals surface area contributed by atoms with Gasteiger partial charge >= 0.3 is 0 Å². The first-order valence-corrected chi connectivity index (χ1v) is 10.4. The van der Waals surface area contributed by atoms with E-state index in [-0.39, 0.29) is 11.9 Å². The molecule has 0 aliphatic carbocycles. The smallest absolute Gasteiger partial charge is 0.254 e. The predicted molar refractivity (Wildman–Crippen MR) is 110 cm³/mol. The van der Waals surface area contributed by atoms with Crippen LogP contribution in [0, 0.1) is 0 Å². The zero-order valence-corrected chi connectivity index (χ0v) is 17.1. The number of carbonyl (C=O) groups is 1. The number of fused-ring (bicyclic) bond motifs is 2. The number of rotatable bonds is 4. The molecule has 0 saturated heterocycles. The van der Waals surface area contributed by atoms with Crippen LogP contribution in [0.1, 0.15) is 46.3 Å². The normalized spacial score (nSPS) is 22.9. The largest absolute Gasteiger partial charge is 0.390 e. The van der Waals surface area contributed by atoms with E-state index in [1.54, 1.807) is 0 Å². The molecular weight excluding hydrogens is 404 g/mol. The first-order valence-electron chi connectivity index (χ1n) is 9.63. The highest BCUT2D eigenvalue weighted by Gasteiger charge is 2.33. The molecule has 27 heavy (non-hydrogen) atoms. The third-order valence-electron chi connectivity index (χ3n) is 5.89. The summed E-state index contributed by atoms with van der Waals surface area (Å²) in [6.45, 7) is 3.95. The van der Waals surface area contributed by atoms with Gasteiger partial charge in [-0.2, -0.15) is 0 Å². The summed E-state index contributed by atoms with van der Waals surface area (Å²) >= 11 is 3.51. The van der Waals surface area contributed by atoms with Crippen molar-refractivity contribution in [2.24, 2.45) is 0 Å². The van der Waals surface area contributed by atoms with Crippen molar-refractivity contribution < 1.29 is 9.90 Å². The highest BCUT2D eigenvalue weighted by molar-refractivity contribution is 9.10. The molecule has 2 aromatic carbocycles. The van der Waals surface area contributed by atoms with Crippen molar-refractivity contribution >= 4 is 21.8 Å². The lowest BCUT2D eigenvalue weighted by Crippen LogP contribution is -2.52. The van der Waals surface area contributed by atoms with E-state index in [2.05, 4.69) is 46.4 Å². The van der Waals surface area contributed by atoms with Crippen LogP contribution in [0.3, 0.4) is 0 Å². The van der Waals surface area contributed by atoms with Crippen molar-refractivity contribution in [3.05, 3.63) is 69.2 Å². The lowest BCUT2D eigenvalue weighted by atomic mass is 9.87. The van der Waals surface area contributed by atoms with Gasteiger partial charge in [-0.05, 0) is 47.7 Å². The Hall–Kier alpha value is -1.69. The first kappa shape index (κ1) is 18.7. The molecule has 4 nitrogen and oxygen atoms in total. The summed E-state index contributed by atoms with van der Waals surface area (Å²) in [6.07, 6.45) is 1.18. The Balaban J connectivity index is 1.49. The van der Waals surface area contributed by atoms with Gasteiger partial charge in [-0.3, -0.25) is 4.79 Å². The van der Waals surface area contributed by atoms with Crippen LogP contribution >= 0.6 is 15.9 Å². The lowest BCUT2D eigenvalue weighted by Gasteiger charge is -2.37. The number of hydrogen-bond donors (Lipinski definition) is 2. The van der Waals surface area contributed by atoms with E-state index in [9.17, 15) is 9.90 Å². The van der Waals surface area contributed by atoms with E-state index in [4.69, 9.17) is 0 Å². The van der Waals surface area contributed by atoms with Crippen LogP contribution in [0.5, 0.6) is 0 Å². The molecule has 0 saturated carbocycles. The van der Waals surface area contributed by atoms with E-state index in [1.165, 1.54) is 11.1 Å². The average Bonchev–Trinajstić information content (AvgIpc) is 2.69. The number of benzene rings is 2.